The van der Waals surface area contributed by atoms with Crippen LogP contribution in [0.4, 0.5) is 4.39 Å². The van der Waals surface area contributed by atoms with E-state index in [1.807, 2.05) is 0 Å². The van der Waals surface area contributed by atoms with Crippen LogP contribution in [0.1, 0.15) is 33.9 Å². The fraction of sp³-hybridized carbons (Fsp3) is 0.393. The lowest BCUT2D eigenvalue weighted by atomic mass is 10.0. The number of nitrogens with one attached hydrogen (secondary N) is 2. The van der Waals surface area contributed by atoms with Gasteiger partial charge in [0.15, 0.2) is 0 Å². The molecule has 0 spiro atoms. The summed E-state index contributed by atoms with van der Waals surface area (Å²) in [5.74, 6) is -2.15. The summed E-state index contributed by atoms with van der Waals surface area (Å²) in [7, 11) is -4.43. The summed E-state index contributed by atoms with van der Waals surface area (Å²) in [6.45, 7) is 5.82. The number of hydrogen-bond acceptors (Lipinski definition) is 9. The van der Waals surface area contributed by atoms with Gasteiger partial charge >= 0.3 is 19.4 Å². The molecule has 0 aliphatic carbocycles. The molecule has 1 unspecified atom stereocenters. The van der Waals surface area contributed by atoms with Gasteiger partial charge in [0, 0.05) is 29.8 Å². The summed E-state index contributed by atoms with van der Waals surface area (Å²) in [5.41, 5.74) is -0.408. The Morgan fingerprint density at radius 3 is 2.52 bits per heavy atom. The van der Waals surface area contributed by atoms with E-state index in [0.29, 0.717) is 11.1 Å². The van der Waals surface area contributed by atoms with Crippen LogP contribution in [-0.2, 0) is 23.4 Å². The highest BCUT2D eigenvalue weighted by Gasteiger charge is 2.44. The molecule has 4 rings (SSSR count). The van der Waals surface area contributed by atoms with Gasteiger partial charge in [0.2, 0.25) is 0 Å². The van der Waals surface area contributed by atoms with Gasteiger partial charge in [-0.2, -0.15) is 5.09 Å². The third-order valence-corrected chi connectivity index (χ3v) is 8.17. The number of halogens is 1. The van der Waals surface area contributed by atoms with Gasteiger partial charge in [-0.1, -0.05) is 37.3 Å². The van der Waals surface area contributed by atoms with E-state index in [0.717, 1.165) is 16.7 Å². The summed E-state index contributed by atoms with van der Waals surface area (Å²) in [6.07, 6.45) is -2.43. The van der Waals surface area contributed by atoms with Gasteiger partial charge in [-0.3, -0.25) is 23.7 Å². The highest BCUT2D eigenvalue weighted by molar-refractivity contribution is 7.52. The van der Waals surface area contributed by atoms with Crippen LogP contribution in [0.2, 0.25) is 0 Å². The van der Waals surface area contributed by atoms with E-state index in [9.17, 15) is 24.1 Å². The Morgan fingerprint density at radius 2 is 1.88 bits per heavy atom. The number of carbonyl (C=O) groups is 1. The first-order valence-corrected chi connectivity index (χ1v) is 14.8. The molecule has 2 heterocycles. The number of rotatable bonds is 11. The number of aromatic amines is 1. The zero-order chi connectivity index (χ0) is 30.6. The number of aromatic nitrogens is 2. The van der Waals surface area contributed by atoms with Crippen molar-refractivity contribution in [3.05, 3.63) is 87.4 Å². The third-order valence-electron chi connectivity index (χ3n) is 6.53. The number of ether oxygens (including phenoxy) is 2. The van der Waals surface area contributed by atoms with E-state index in [-0.39, 0.29) is 5.75 Å². The molecule has 6 atom stereocenters. The quantitative estimate of drug-likeness (QED) is 0.219. The minimum atomic E-state index is -4.43. The van der Waals surface area contributed by atoms with Crippen LogP contribution in [0.15, 0.2) is 70.4 Å². The van der Waals surface area contributed by atoms with Gasteiger partial charge in [-0.05, 0) is 38.5 Å². The predicted molar refractivity (Wildman–Crippen MR) is 150 cm³/mol. The lowest BCUT2D eigenvalue weighted by Crippen LogP contribution is -2.37. The van der Waals surface area contributed by atoms with Crippen molar-refractivity contribution in [3.8, 4) is 16.9 Å². The topological polar surface area (TPSA) is 158 Å². The molecule has 0 saturated carbocycles. The van der Waals surface area contributed by atoms with Crippen LogP contribution < -0.4 is 20.9 Å². The average molecular weight is 606 g/mol. The second kappa shape index (κ2) is 13.1. The zero-order valence-corrected chi connectivity index (χ0v) is 24.3. The number of esters is 1. The largest absolute Gasteiger partial charge is 0.462 e. The van der Waals surface area contributed by atoms with Crippen LogP contribution in [0.3, 0.4) is 0 Å². The Morgan fingerprint density at radius 1 is 1.17 bits per heavy atom. The Bertz CT molecular complexity index is 1560. The number of carbonyl (C=O) groups excluding carboxylic acids is 1. The fourth-order valence-electron chi connectivity index (χ4n) is 4.40. The van der Waals surface area contributed by atoms with Crippen LogP contribution in [-0.4, -0.2) is 51.6 Å². The lowest BCUT2D eigenvalue weighted by molar-refractivity contribution is -0.149. The standard InChI is InChI=1S/C28H33FN3O9P/c1-16(2)39-27(35)18(4)31-42(37,41-20-10-11-21(22(29)14-20)19-8-6-5-7-9-19)38-15-23-25(34)17(3)26(40-23)32-13-12-24(33)30-28(32)36/h5-14,16-18,23,25-26,34H,15H2,1-4H3,(H,31,37)(H,30,33,36)/t17-,18-,23+,25-,26+,42?/m0/s1. The normalized spacial score (nSPS) is 22.5. The van der Waals surface area contributed by atoms with Gasteiger partial charge in [-0.25, -0.2) is 13.8 Å². The third kappa shape index (κ3) is 7.42. The SMILES string of the molecule is CC(C)OC(=O)[C@H](C)NP(=O)(OC[C@H]1O[C@@H](n2ccc(=O)[nH]c2=O)[C@@H](C)[C@@H]1O)Oc1ccc(-c2ccccc2)c(F)c1. The van der Waals surface area contributed by atoms with E-state index in [4.69, 9.17) is 18.5 Å². The summed E-state index contributed by atoms with van der Waals surface area (Å²) >= 11 is 0. The lowest BCUT2D eigenvalue weighted by Gasteiger charge is -2.25. The van der Waals surface area contributed by atoms with Crippen molar-refractivity contribution in [2.24, 2.45) is 5.92 Å². The van der Waals surface area contributed by atoms with Crippen molar-refractivity contribution in [1.29, 1.82) is 0 Å². The van der Waals surface area contributed by atoms with Gasteiger partial charge in [0.25, 0.3) is 5.56 Å². The highest BCUT2D eigenvalue weighted by atomic mass is 31.2. The van der Waals surface area contributed by atoms with E-state index in [2.05, 4.69) is 10.1 Å². The molecule has 1 aromatic heterocycles. The molecule has 226 valence electrons. The molecule has 0 bridgehead atoms. The number of hydrogen-bond donors (Lipinski definition) is 3. The van der Waals surface area contributed by atoms with Crippen molar-refractivity contribution in [3.63, 3.8) is 0 Å². The fourth-order valence-corrected chi connectivity index (χ4v) is 5.90. The predicted octanol–water partition coefficient (Wildman–Crippen LogP) is 3.37. The molecule has 0 radical (unpaired) electrons. The molecular formula is C28H33FN3O9P. The zero-order valence-electron chi connectivity index (χ0n) is 23.4. The first kappa shape index (κ1) is 31.3. The summed E-state index contributed by atoms with van der Waals surface area (Å²) in [5, 5.41) is 13.3. The van der Waals surface area contributed by atoms with Gasteiger partial charge in [0.05, 0.1) is 18.8 Å². The van der Waals surface area contributed by atoms with E-state index < -0.39 is 73.9 Å². The first-order chi connectivity index (χ1) is 19.9. The Hall–Kier alpha value is -3.61. The molecule has 42 heavy (non-hydrogen) atoms. The number of aliphatic hydroxyl groups is 1. The second-order valence-electron chi connectivity index (χ2n) is 10.2. The molecule has 12 nitrogen and oxygen atoms in total. The number of nitrogens with zero attached hydrogens (tertiary/aromatic N) is 1. The van der Waals surface area contributed by atoms with Gasteiger partial charge in [-0.15, -0.1) is 0 Å². The average Bonchev–Trinajstić information content (AvgIpc) is 3.20. The van der Waals surface area contributed by atoms with Crippen LogP contribution in [0, 0.1) is 11.7 Å². The molecule has 1 aliphatic heterocycles. The summed E-state index contributed by atoms with van der Waals surface area (Å²) in [6, 6.07) is 12.7. The highest BCUT2D eigenvalue weighted by Crippen LogP contribution is 2.47. The Balaban J connectivity index is 1.55. The minimum Gasteiger partial charge on any atom is -0.462 e. The molecule has 1 saturated heterocycles. The van der Waals surface area contributed by atoms with Crippen molar-refractivity contribution in [2.45, 2.75) is 58.3 Å². The smallest absolute Gasteiger partial charge is 0.459 e. The second-order valence-corrected chi connectivity index (χ2v) is 11.9. The van der Waals surface area contributed by atoms with E-state index in [1.165, 1.54) is 25.3 Å². The maximum Gasteiger partial charge on any atom is 0.459 e. The number of benzene rings is 2. The van der Waals surface area contributed by atoms with Gasteiger partial charge in [0.1, 0.15) is 29.9 Å². The van der Waals surface area contributed by atoms with Gasteiger partial charge < -0.3 is 19.1 Å². The van der Waals surface area contributed by atoms with Crippen LogP contribution >= 0.6 is 7.75 Å². The number of H-pyrrole nitrogens is 1. The minimum absolute atomic E-state index is 0.147. The van der Waals surface area contributed by atoms with Crippen LogP contribution in [0.5, 0.6) is 5.75 Å². The van der Waals surface area contributed by atoms with Crippen LogP contribution in [0.25, 0.3) is 11.1 Å². The van der Waals surface area contributed by atoms with Crippen molar-refractivity contribution in [1.82, 2.24) is 14.6 Å². The molecule has 1 fully saturated rings. The van der Waals surface area contributed by atoms with Crippen molar-refractivity contribution < 1.29 is 37.4 Å². The molecule has 1 aliphatic rings. The maximum absolute atomic E-state index is 15.0. The van der Waals surface area contributed by atoms with Crippen molar-refractivity contribution in [2.75, 3.05) is 6.61 Å². The monoisotopic (exact) mass is 605 g/mol. The first-order valence-electron chi connectivity index (χ1n) is 13.3. The molecular weight excluding hydrogens is 572 g/mol. The summed E-state index contributed by atoms with van der Waals surface area (Å²) < 4.78 is 52.3. The number of aliphatic hydroxyl groups excluding tert-OH is 1. The summed E-state index contributed by atoms with van der Waals surface area (Å²) in [4.78, 5) is 38.3. The molecule has 0 amide bonds. The molecule has 3 aromatic rings. The van der Waals surface area contributed by atoms with Crippen molar-refractivity contribution >= 4 is 13.7 Å². The molecule has 2 aromatic carbocycles. The molecule has 14 heteroatoms. The maximum atomic E-state index is 15.0. The molecule has 3 N–H and O–H groups in total. The van der Waals surface area contributed by atoms with E-state index >= 15 is 4.39 Å². The Kier molecular flexibility index (Phi) is 9.80. The van der Waals surface area contributed by atoms with E-state index in [1.54, 1.807) is 51.1 Å². The Labute approximate surface area is 241 Å².